The highest BCUT2D eigenvalue weighted by Gasteiger charge is 2.17. The Labute approximate surface area is 125 Å². The Morgan fingerprint density at radius 2 is 1.43 bits per heavy atom. The van der Waals surface area contributed by atoms with E-state index in [-0.39, 0.29) is 6.04 Å². The average molecular weight is 287 g/mol. The molecule has 1 atom stereocenters. The molecule has 2 rings (SSSR count). The van der Waals surface area contributed by atoms with Crippen molar-refractivity contribution in [2.45, 2.75) is 6.04 Å². The lowest BCUT2D eigenvalue weighted by Crippen LogP contribution is -2.18. The van der Waals surface area contributed by atoms with Crippen LogP contribution in [-0.2, 0) is 0 Å². The molecule has 21 heavy (non-hydrogen) atoms. The second-order valence-electron chi connectivity index (χ2n) is 4.60. The maximum absolute atomic E-state index is 5.47. The first-order valence-corrected chi connectivity index (χ1v) is 6.76. The van der Waals surface area contributed by atoms with Crippen molar-refractivity contribution < 1.29 is 14.2 Å². The Balaban J connectivity index is 2.43. The van der Waals surface area contributed by atoms with Gasteiger partial charge in [-0.1, -0.05) is 12.1 Å². The minimum absolute atomic E-state index is 0.0148. The van der Waals surface area contributed by atoms with E-state index in [0.29, 0.717) is 0 Å². The van der Waals surface area contributed by atoms with Crippen molar-refractivity contribution in [1.82, 2.24) is 5.32 Å². The maximum atomic E-state index is 5.47. The van der Waals surface area contributed by atoms with E-state index in [1.54, 1.807) is 21.3 Å². The lowest BCUT2D eigenvalue weighted by molar-refractivity contribution is 0.395. The normalized spacial score (nSPS) is 11.8. The largest absolute Gasteiger partial charge is 0.497 e. The molecule has 0 aliphatic carbocycles. The zero-order valence-electron chi connectivity index (χ0n) is 12.8. The number of methoxy groups -OCH3 is 3. The molecule has 1 unspecified atom stereocenters. The summed E-state index contributed by atoms with van der Waals surface area (Å²) in [6.07, 6.45) is 0. The van der Waals surface area contributed by atoms with Gasteiger partial charge < -0.3 is 19.5 Å². The molecule has 0 amide bonds. The van der Waals surface area contributed by atoms with Crippen LogP contribution in [0.5, 0.6) is 17.2 Å². The number of hydrogen-bond donors (Lipinski definition) is 1. The molecule has 0 aliphatic rings. The van der Waals surface area contributed by atoms with Gasteiger partial charge in [0.2, 0.25) is 0 Å². The van der Waals surface area contributed by atoms with Crippen LogP contribution < -0.4 is 19.5 Å². The van der Waals surface area contributed by atoms with Gasteiger partial charge in [-0.15, -0.1) is 0 Å². The molecule has 0 aromatic heterocycles. The molecule has 1 N–H and O–H groups in total. The molecule has 4 heteroatoms. The van der Waals surface area contributed by atoms with Crippen molar-refractivity contribution in [2.24, 2.45) is 0 Å². The van der Waals surface area contributed by atoms with Crippen molar-refractivity contribution in [3.8, 4) is 17.2 Å². The topological polar surface area (TPSA) is 39.7 Å². The van der Waals surface area contributed by atoms with Crippen LogP contribution in [0.3, 0.4) is 0 Å². The average Bonchev–Trinajstić information content (AvgIpc) is 2.56. The molecule has 0 saturated heterocycles. The number of hydrogen-bond acceptors (Lipinski definition) is 4. The predicted molar refractivity (Wildman–Crippen MR) is 83.4 cm³/mol. The second-order valence-corrected chi connectivity index (χ2v) is 4.60. The predicted octanol–water partition coefficient (Wildman–Crippen LogP) is 3.02. The van der Waals surface area contributed by atoms with Gasteiger partial charge in [0.1, 0.15) is 17.2 Å². The van der Waals surface area contributed by atoms with Crippen LogP contribution in [0.2, 0.25) is 0 Å². The fraction of sp³-hybridized carbons (Fsp3) is 0.294. The molecule has 0 fully saturated rings. The van der Waals surface area contributed by atoms with Crippen molar-refractivity contribution >= 4 is 0 Å². The van der Waals surface area contributed by atoms with Gasteiger partial charge in [0.15, 0.2) is 0 Å². The van der Waals surface area contributed by atoms with Gasteiger partial charge >= 0.3 is 0 Å². The highest BCUT2D eigenvalue weighted by Crippen LogP contribution is 2.33. The Morgan fingerprint density at radius 1 is 0.810 bits per heavy atom. The highest BCUT2D eigenvalue weighted by molar-refractivity contribution is 5.46. The van der Waals surface area contributed by atoms with Gasteiger partial charge in [-0.3, -0.25) is 0 Å². The molecule has 0 aliphatic heterocycles. The van der Waals surface area contributed by atoms with Crippen LogP contribution in [-0.4, -0.2) is 28.4 Å². The lowest BCUT2D eigenvalue weighted by atomic mass is 9.97. The Hall–Kier alpha value is -2.20. The van der Waals surface area contributed by atoms with Crippen LogP contribution in [0, 0.1) is 0 Å². The monoisotopic (exact) mass is 287 g/mol. The molecule has 0 bridgehead atoms. The van der Waals surface area contributed by atoms with E-state index < -0.39 is 0 Å². The van der Waals surface area contributed by atoms with Crippen molar-refractivity contribution in [2.75, 3.05) is 28.4 Å². The molecule has 0 radical (unpaired) electrons. The molecule has 2 aromatic rings. The fourth-order valence-corrected chi connectivity index (χ4v) is 2.36. The number of nitrogens with one attached hydrogen (secondary N) is 1. The van der Waals surface area contributed by atoms with E-state index in [0.717, 1.165) is 28.4 Å². The summed E-state index contributed by atoms with van der Waals surface area (Å²) in [5, 5.41) is 3.32. The molecular formula is C17H21NO3. The first-order valence-electron chi connectivity index (χ1n) is 6.76. The quantitative estimate of drug-likeness (QED) is 0.886. The van der Waals surface area contributed by atoms with Crippen LogP contribution >= 0.6 is 0 Å². The van der Waals surface area contributed by atoms with E-state index in [4.69, 9.17) is 14.2 Å². The van der Waals surface area contributed by atoms with E-state index >= 15 is 0 Å². The maximum Gasteiger partial charge on any atom is 0.124 e. The summed E-state index contributed by atoms with van der Waals surface area (Å²) in [6, 6.07) is 13.8. The fourth-order valence-electron chi connectivity index (χ4n) is 2.36. The van der Waals surface area contributed by atoms with Crippen molar-refractivity contribution in [3.63, 3.8) is 0 Å². The summed E-state index contributed by atoms with van der Waals surface area (Å²) < 4.78 is 16.0. The zero-order chi connectivity index (χ0) is 15.2. The minimum Gasteiger partial charge on any atom is -0.497 e. The van der Waals surface area contributed by atoms with Gasteiger partial charge in [-0.05, 0) is 42.9 Å². The third-order valence-corrected chi connectivity index (χ3v) is 3.49. The van der Waals surface area contributed by atoms with Gasteiger partial charge in [0.25, 0.3) is 0 Å². The number of rotatable bonds is 6. The summed E-state index contributed by atoms with van der Waals surface area (Å²) in [5.74, 6) is 2.47. The summed E-state index contributed by atoms with van der Waals surface area (Å²) in [4.78, 5) is 0. The Bertz CT molecular complexity index is 581. The second kappa shape index (κ2) is 6.99. The molecular weight excluding hydrogens is 266 g/mol. The molecule has 0 heterocycles. The zero-order valence-corrected chi connectivity index (χ0v) is 12.8. The minimum atomic E-state index is 0.0148. The summed E-state index contributed by atoms with van der Waals surface area (Å²) >= 11 is 0. The van der Waals surface area contributed by atoms with E-state index in [1.165, 1.54) is 0 Å². The first kappa shape index (κ1) is 15.2. The van der Waals surface area contributed by atoms with E-state index in [2.05, 4.69) is 5.32 Å². The van der Waals surface area contributed by atoms with Gasteiger partial charge in [-0.2, -0.15) is 0 Å². The smallest absolute Gasteiger partial charge is 0.124 e. The van der Waals surface area contributed by atoms with E-state index in [1.807, 2.05) is 49.5 Å². The highest BCUT2D eigenvalue weighted by atomic mass is 16.5. The van der Waals surface area contributed by atoms with Crippen LogP contribution in [0.15, 0.2) is 42.5 Å². The first-order chi connectivity index (χ1) is 10.2. The Morgan fingerprint density at radius 3 is 1.95 bits per heavy atom. The number of benzene rings is 2. The standard InChI is InChI=1S/C17H21NO3/c1-18-17(12-5-7-13(19-2)8-6-12)15-11-14(20-3)9-10-16(15)21-4/h5-11,17-18H,1-4H3. The van der Waals surface area contributed by atoms with Gasteiger partial charge in [0.05, 0.1) is 27.4 Å². The summed E-state index contributed by atoms with van der Waals surface area (Å²) in [7, 11) is 6.92. The van der Waals surface area contributed by atoms with Gasteiger partial charge in [-0.25, -0.2) is 0 Å². The summed E-state index contributed by atoms with van der Waals surface area (Å²) in [5.41, 5.74) is 2.16. The molecule has 112 valence electrons. The van der Waals surface area contributed by atoms with Crippen LogP contribution in [0.25, 0.3) is 0 Å². The third kappa shape index (κ3) is 3.28. The van der Waals surface area contributed by atoms with Gasteiger partial charge in [0, 0.05) is 5.56 Å². The van der Waals surface area contributed by atoms with Crippen LogP contribution in [0.4, 0.5) is 0 Å². The molecule has 2 aromatic carbocycles. The van der Waals surface area contributed by atoms with Crippen LogP contribution in [0.1, 0.15) is 17.2 Å². The summed E-state index contributed by atoms with van der Waals surface area (Å²) in [6.45, 7) is 0. The molecule has 0 spiro atoms. The molecule has 0 saturated carbocycles. The van der Waals surface area contributed by atoms with Crippen molar-refractivity contribution in [3.05, 3.63) is 53.6 Å². The number of ether oxygens (including phenoxy) is 3. The third-order valence-electron chi connectivity index (χ3n) is 3.49. The van der Waals surface area contributed by atoms with Crippen molar-refractivity contribution in [1.29, 1.82) is 0 Å². The Kier molecular flexibility index (Phi) is 5.06. The molecule has 4 nitrogen and oxygen atoms in total. The van der Waals surface area contributed by atoms with E-state index in [9.17, 15) is 0 Å². The lowest BCUT2D eigenvalue weighted by Gasteiger charge is -2.21. The SMILES string of the molecule is CNC(c1ccc(OC)cc1)c1cc(OC)ccc1OC.